The Labute approximate surface area is 196 Å². The van der Waals surface area contributed by atoms with Crippen LogP contribution in [0.25, 0.3) is 11.6 Å². The summed E-state index contributed by atoms with van der Waals surface area (Å²) in [5.41, 5.74) is 4.41. The monoisotopic (exact) mass is 445 g/mol. The van der Waals surface area contributed by atoms with Gasteiger partial charge in [0.1, 0.15) is 23.1 Å². The van der Waals surface area contributed by atoms with E-state index >= 15 is 0 Å². The lowest BCUT2D eigenvalue weighted by Gasteiger charge is -2.43. The molecule has 1 aliphatic rings. The zero-order chi connectivity index (χ0) is 24.2. The number of fused-ring (bicyclic) bond motifs is 1. The van der Waals surface area contributed by atoms with E-state index in [1.807, 2.05) is 18.2 Å². The molecule has 0 atom stereocenters. The Kier molecular flexibility index (Phi) is 7.13. The number of nitrogens with zero attached hydrogens (tertiary/aromatic N) is 2. The fourth-order valence-corrected chi connectivity index (χ4v) is 4.25. The summed E-state index contributed by atoms with van der Waals surface area (Å²) in [6.45, 7) is 9.56. The highest BCUT2D eigenvalue weighted by Gasteiger charge is 2.31. The summed E-state index contributed by atoms with van der Waals surface area (Å²) in [5.74, 6) is 0.738. The molecule has 0 fully saturated rings. The van der Waals surface area contributed by atoms with Crippen LogP contribution in [0.15, 0.2) is 48.0 Å². The number of benzene rings is 2. The highest BCUT2D eigenvalue weighted by molar-refractivity contribution is 6.10. The summed E-state index contributed by atoms with van der Waals surface area (Å²) in [5, 5.41) is 12.5. The molecule has 2 aromatic rings. The molecule has 0 bridgehead atoms. The number of hydrogen-bond donors (Lipinski definition) is 1. The number of nitriles is 1. The molecule has 0 aromatic heterocycles. The van der Waals surface area contributed by atoms with Gasteiger partial charge in [-0.05, 0) is 57.0 Å². The number of methoxy groups -OCH3 is 2. The number of anilines is 2. The summed E-state index contributed by atoms with van der Waals surface area (Å²) in [7, 11) is 3.16. The largest absolute Gasteiger partial charge is 0.497 e. The van der Waals surface area contributed by atoms with Crippen LogP contribution in [0.3, 0.4) is 0 Å². The molecule has 3 rings (SSSR count). The highest BCUT2D eigenvalue weighted by Crippen LogP contribution is 2.42. The maximum Gasteiger partial charge on any atom is 0.266 e. The van der Waals surface area contributed by atoms with Gasteiger partial charge in [0.25, 0.3) is 5.91 Å². The molecule has 0 saturated heterocycles. The van der Waals surface area contributed by atoms with Crippen LogP contribution < -0.4 is 19.7 Å². The lowest BCUT2D eigenvalue weighted by molar-refractivity contribution is -0.112. The maximum atomic E-state index is 12.8. The molecule has 0 spiro atoms. The first-order valence-corrected chi connectivity index (χ1v) is 11.0. The SMILES string of the molecule is CCCN1c2cc(OC)c(/C=C(\C#N)C(=O)Nc3cccc(OC)c3)cc2C(C)=CC1(C)C. The molecular formula is C27H31N3O3. The van der Waals surface area contributed by atoms with Crippen molar-refractivity contribution >= 4 is 28.9 Å². The van der Waals surface area contributed by atoms with E-state index in [1.54, 1.807) is 44.6 Å². The lowest BCUT2D eigenvalue weighted by Crippen LogP contribution is -2.45. The fraction of sp³-hybridized carbons (Fsp3) is 0.333. The van der Waals surface area contributed by atoms with Crippen molar-refractivity contribution in [1.82, 2.24) is 0 Å². The zero-order valence-corrected chi connectivity index (χ0v) is 20.2. The van der Waals surface area contributed by atoms with Gasteiger partial charge in [-0.15, -0.1) is 0 Å². The highest BCUT2D eigenvalue weighted by atomic mass is 16.5. The standard InChI is InChI=1S/C27H31N3O3/c1-7-11-30-24-15-25(33-6)19(13-23(24)18(2)16-27(30,3)4)12-20(17-28)26(31)29-21-9-8-10-22(14-21)32-5/h8-10,12-16H,7,11H2,1-6H3,(H,29,31)/b20-12+. The number of ether oxygens (including phenoxy) is 2. The average Bonchev–Trinajstić information content (AvgIpc) is 2.79. The maximum absolute atomic E-state index is 12.8. The second-order valence-corrected chi connectivity index (χ2v) is 8.60. The van der Waals surface area contributed by atoms with Crippen molar-refractivity contribution in [2.45, 2.75) is 39.7 Å². The third kappa shape index (κ3) is 5.04. The van der Waals surface area contributed by atoms with Crippen LogP contribution in [0, 0.1) is 11.3 Å². The predicted molar refractivity (Wildman–Crippen MR) is 134 cm³/mol. The van der Waals surface area contributed by atoms with E-state index in [0.717, 1.165) is 29.8 Å². The van der Waals surface area contributed by atoms with E-state index in [1.165, 1.54) is 0 Å². The minimum atomic E-state index is -0.494. The molecule has 1 N–H and O–H groups in total. The van der Waals surface area contributed by atoms with Crippen molar-refractivity contribution < 1.29 is 14.3 Å². The van der Waals surface area contributed by atoms with Crippen molar-refractivity contribution in [3.8, 4) is 17.6 Å². The smallest absolute Gasteiger partial charge is 0.266 e. The molecule has 0 radical (unpaired) electrons. The van der Waals surface area contributed by atoms with Gasteiger partial charge in [0.2, 0.25) is 0 Å². The topological polar surface area (TPSA) is 74.6 Å². The molecule has 1 heterocycles. The van der Waals surface area contributed by atoms with Crippen LogP contribution in [0.1, 0.15) is 45.2 Å². The number of hydrogen-bond acceptors (Lipinski definition) is 5. The first-order chi connectivity index (χ1) is 15.7. The molecule has 6 heteroatoms. The molecule has 0 saturated carbocycles. The van der Waals surface area contributed by atoms with Gasteiger partial charge in [-0.2, -0.15) is 5.26 Å². The zero-order valence-electron chi connectivity index (χ0n) is 20.2. The predicted octanol–water partition coefficient (Wildman–Crippen LogP) is 5.66. The van der Waals surface area contributed by atoms with Gasteiger partial charge < -0.3 is 19.7 Å². The van der Waals surface area contributed by atoms with E-state index in [0.29, 0.717) is 22.7 Å². The van der Waals surface area contributed by atoms with Crippen LogP contribution in [0.2, 0.25) is 0 Å². The van der Waals surface area contributed by atoms with Gasteiger partial charge in [0.05, 0.1) is 19.8 Å². The van der Waals surface area contributed by atoms with Crippen molar-refractivity contribution in [3.63, 3.8) is 0 Å². The Morgan fingerprint density at radius 3 is 2.61 bits per heavy atom. The van der Waals surface area contributed by atoms with E-state index in [-0.39, 0.29) is 11.1 Å². The first-order valence-electron chi connectivity index (χ1n) is 11.0. The number of nitrogens with one attached hydrogen (secondary N) is 1. The molecule has 33 heavy (non-hydrogen) atoms. The van der Waals surface area contributed by atoms with Gasteiger partial charge in [0.15, 0.2) is 0 Å². The third-order valence-corrected chi connectivity index (χ3v) is 5.77. The molecule has 0 unspecified atom stereocenters. The van der Waals surface area contributed by atoms with Crippen molar-refractivity contribution in [1.29, 1.82) is 5.26 Å². The summed E-state index contributed by atoms with van der Waals surface area (Å²) < 4.78 is 10.9. The second kappa shape index (κ2) is 9.83. The van der Waals surface area contributed by atoms with Gasteiger partial charge in [0, 0.05) is 41.2 Å². The molecule has 1 amide bonds. The molecular weight excluding hydrogens is 414 g/mol. The normalized spacial score (nSPS) is 14.6. The van der Waals surface area contributed by atoms with Crippen LogP contribution >= 0.6 is 0 Å². The lowest BCUT2D eigenvalue weighted by atomic mass is 9.87. The van der Waals surface area contributed by atoms with Crippen LogP contribution in [0.4, 0.5) is 11.4 Å². The van der Waals surface area contributed by atoms with Gasteiger partial charge >= 0.3 is 0 Å². The Morgan fingerprint density at radius 1 is 1.21 bits per heavy atom. The Hall–Kier alpha value is -3.72. The van der Waals surface area contributed by atoms with E-state index < -0.39 is 5.91 Å². The summed E-state index contributed by atoms with van der Waals surface area (Å²) in [6.07, 6.45) is 4.85. The molecule has 6 nitrogen and oxygen atoms in total. The van der Waals surface area contributed by atoms with Crippen LogP contribution in [0.5, 0.6) is 11.5 Å². The summed E-state index contributed by atoms with van der Waals surface area (Å²) in [4.78, 5) is 15.2. The van der Waals surface area contributed by atoms with Gasteiger partial charge in [-0.1, -0.05) is 19.1 Å². The van der Waals surface area contributed by atoms with Crippen molar-refractivity contribution in [2.75, 3.05) is 31.0 Å². The molecule has 172 valence electrons. The van der Waals surface area contributed by atoms with Crippen molar-refractivity contribution in [3.05, 3.63) is 59.2 Å². The number of rotatable bonds is 7. The van der Waals surface area contributed by atoms with E-state index in [9.17, 15) is 10.1 Å². The Bertz CT molecular complexity index is 1160. The fourth-order valence-electron chi connectivity index (χ4n) is 4.25. The van der Waals surface area contributed by atoms with Gasteiger partial charge in [-0.3, -0.25) is 4.79 Å². The molecule has 1 aliphatic heterocycles. The number of allylic oxidation sites excluding steroid dienone is 1. The number of amides is 1. The van der Waals surface area contributed by atoms with Gasteiger partial charge in [-0.25, -0.2) is 0 Å². The molecule has 0 aliphatic carbocycles. The number of carbonyl (C=O) groups is 1. The Morgan fingerprint density at radius 2 is 1.97 bits per heavy atom. The minimum absolute atomic E-state index is 0.0146. The quantitative estimate of drug-likeness (QED) is 0.440. The van der Waals surface area contributed by atoms with Crippen LogP contribution in [-0.2, 0) is 4.79 Å². The Balaban J connectivity index is 2.02. The minimum Gasteiger partial charge on any atom is -0.497 e. The first kappa shape index (κ1) is 23.9. The summed E-state index contributed by atoms with van der Waals surface area (Å²) in [6, 6.07) is 13.0. The van der Waals surface area contributed by atoms with E-state index in [4.69, 9.17) is 9.47 Å². The second-order valence-electron chi connectivity index (χ2n) is 8.60. The summed E-state index contributed by atoms with van der Waals surface area (Å²) >= 11 is 0. The average molecular weight is 446 g/mol. The third-order valence-electron chi connectivity index (χ3n) is 5.77. The van der Waals surface area contributed by atoms with Crippen LogP contribution in [-0.4, -0.2) is 32.2 Å². The molecule has 2 aromatic carbocycles. The van der Waals surface area contributed by atoms with E-state index in [2.05, 4.69) is 44.0 Å². The number of carbonyl (C=O) groups excluding carboxylic acids is 1. The van der Waals surface area contributed by atoms with Crippen molar-refractivity contribution in [2.24, 2.45) is 0 Å².